The number of carbonyl (C=O) groups excluding carboxylic acids is 3. The molecule has 6 N–H and O–H groups in total. The molecule has 2 aliphatic rings. The lowest BCUT2D eigenvalue weighted by atomic mass is 9.75. The van der Waals surface area contributed by atoms with E-state index in [-0.39, 0.29) is 34.4 Å². The van der Waals surface area contributed by atoms with Crippen LogP contribution in [0.1, 0.15) is 77.1 Å². The average Bonchev–Trinajstić information content (AvgIpc) is 2.98. The van der Waals surface area contributed by atoms with Gasteiger partial charge in [0.15, 0.2) is 23.6 Å². The lowest BCUT2D eigenvalue weighted by Gasteiger charge is -2.45. The minimum absolute atomic E-state index is 0.0337. The van der Waals surface area contributed by atoms with Gasteiger partial charge in [-0.05, 0) is 40.0 Å². The molecule has 43 heavy (non-hydrogen) atoms. The van der Waals surface area contributed by atoms with Crippen LogP contribution in [-0.4, -0.2) is 93.3 Å². The molecule has 2 unspecified atom stereocenters. The van der Waals surface area contributed by atoms with Gasteiger partial charge >= 0.3 is 0 Å². The zero-order valence-electron chi connectivity index (χ0n) is 24.5. The molecule has 2 aromatic rings. The number of fused-ring (bicyclic) bond motifs is 1. The second-order valence-electron chi connectivity index (χ2n) is 11.2. The normalized spacial score (nSPS) is 28.7. The minimum atomic E-state index is -2.27. The van der Waals surface area contributed by atoms with Crippen molar-refractivity contribution in [2.24, 2.45) is 0 Å². The maximum absolute atomic E-state index is 13.7. The molecule has 0 spiro atoms. The van der Waals surface area contributed by atoms with Crippen LogP contribution in [0, 0.1) is 0 Å². The first-order valence-corrected chi connectivity index (χ1v) is 13.7. The van der Waals surface area contributed by atoms with Crippen LogP contribution in [0.2, 0.25) is 0 Å². The number of aliphatic hydroxyl groups is 3. The maximum Gasteiger partial charge on any atom is 0.197 e. The third-order valence-corrected chi connectivity index (χ3v) is 8.39. The number of aromatic hydroxyl groups is 2. The first-order valence-electron chi connectivity index (χ1n) is 13.7. The van der Waals surface area contributed by atoms with Gasteiger partial charge in [-0.15, -0.1) is 0 Å². The summed E-state index contributed by atoms with van der Waals surface area (Å²) in [4.78, 5) is 49.9. The molecule has 234 valence electrons. The molecule has 0 radical (unpaired) electrons. The average molecular weight is 604 g/mol. The van der Waals surface area contributed by atoms with E-state index in [2.05, 4.69) is 5.32 Å². The molecule has 0 aromatic heterocycles. The molecule has 0 amide bonds. The number of hydrogen-bond acceptors (Lipinski definition) is 13. The van der Waals surface area contributed by atoms with Crippen molar-refractivity contribution in [3.63, 3.8) is 0 Å². The van der Waals surface area contributed by atoms with E-state index in [0.29, 0.717) is 0 Å². The third-order valence-electron chi connectivity index (χ3n) is 8.39. The summed E-state index contributed by atoms with van der Waals surface area (Å²) in [5.74, 6) is -3.33. The highest BCUT2D eigenvalue weighted by Crippen LogP contribution is 2.48. The summed E-state index contributed by atoms with van der Waals surface area (Å²) in [6, 6.07) is 5.35. The van der Waals surface area contributed by atoms with Crippen molar-refractivity contribution in [2.45, 2.75) is 75.8 Å². The van der Waals surface area contributed by atoms with E-state index >= 15 is 0 Å². The van der Waals surface area contributed by atoms with Crippen molar-refractivity contribution in [3.05, 3.63) is 52.1 Å². The van der Waals surface area contributed by atoms with Gasteiger partial charge in [-0.25, -0.2) is 9.78 Å². The van der Waals surface area contributed by atoms with Crippen molar-refractivity contribution in [1.82, 2.24) is 5.32 Å². The topological polar surface area (TPSA) is 201 Å². The summed E-state index contributed by atoms with van der Waals surface area (Å²) in [6.45, 7) is 3.63. The van der Waals surface area contributed by atoms with Gasteiger partial charge in [-0.2, -0.15) is 0 Å². The van der Waals surface area contributed by atoms with E-state index in [0.717, 1.165) is 6.07 Å². The number of hydrogen-bond donors (Lipinski definition) is 6. The maximum atomic E-state index is 13.7. The van der Waals surface area contributed by atoms with E-state index in [1.54, 1.807) is 20.9 Å². The van der Waals surface area contributed by atoms with Crippen molar-refractivity contribution in [1.29, 1.82) is 0 Å². The van der Waals surface area contributed by atoms with Gasteiger partial charge in [0.05, 0.1) is 30.4 Å². The van der Waals surface area contributed by atoms with E-state index in [1.807, 2.05) is 0 Å². The highest BCUT2D eigenvalue weighted by atomic mass is 17.2. The Balaban J connectivity index is 1.76. The Bertz CT molecular complexity index is 1430. The number of ether oxygens (including phenoxy) is 2. The standard InChI is InChI=1S/C30H37NO12/c1-14(33)24-16(7-6-8-20(24)40-5)26(36)17-9-19(34)25-18(27(17)37)10-30(39,22(35)13-32)11-21(25)42-43-23-12-29(3,31-4)28(38)15(2)41-23/h6-9,15,21,23,28,31-32,34,37-39H,10-13H2,1-5H3/t15?,21-,23+,28+,29-,30?/m1/s1. The lowest BCUT2D eigenvalue weighted by molar-refractivity contribution is -0.424. The van der Waals surface area contributed by atoms with Gasteiger partial charge in [-0.3, -0.25) is 14.4 Å². The van der Waals surface area contributed by atoms with Gasteiger partial charge in [0, 0.05) is 41.5 Å². The van der Waals surface area contributed by atoms with Gasteiger partial charge in [-0.1, -0.05) is 12.1 Å². The largest absolute Gasteiger partial charge is 0.508 e. The summed E-state index contributed by atoms with van der Waals surface area (Å²) in [7, 11) is 3.00. The summed E-state index contributed by atoms with van der Waals surface area (Å²) < 4.78 is 10.9. The van der Waals surface area contributed by atoms with Crippen LogP contribution < -0.4 is 10.1 Å². The second kappa shape index (κ2) is 12.3. The Morgan fingerprint density at radius 2 is 1.84 bits per heavy atom. The molecular weight excluding hydrogens is 566 g/mol. The highest BCUT2D eigenvalue weighted by Gasteiger charge is 2.48. The van der Waals surface area contributed by atoms with Crippen molar-refractivity contribution < 1.29 is 59.2 Å². The van der Waals surface area contributed by atoms with Gasteiger partial charge in [0.1, 0.15) is 35.6 Å². The number of phenolic OH excluding ortho intramolecular Hbond substituents is 2. The van der Waals surface area contributed by atoms with E-state index in [9.17, 15) is 39.9 Å². The lowest BCUT2D eigenvalue weighted by Crippen LogP contribution is -2.61. The Morgan fingerprint density at radius 1 is 1.14 bits per heavy atom. The molecule has 13 heteroatoms. The monoisotopic (exact) mass is 603 g/mol. The second-order valence-corrected chi connectivity index (χ2v) is 11.2. The number of Topliss-reactive ketones (excluding diaryl/α,β-unsaturated/α-hetero) is 2. The fourth-order valence-electron chi connectivity index (χ4n) is 5.84. The SMILES string of the molecule is CN[C@]1(C)C[C@H](OO[C@@H]2CC(O)(C(=O)CO)Cc3c(O)c(C(=O)c4cccc(OC)c4C(C)=O)cc(O)c32)OC(C)[C@@H]1O. The van der Waals surface area contributed by atoms with Crippen molar-refractivity contribution in [2.75, 3.05) is 20.8 Å². The number of rotatable bonds is 10. The first kappa shape index (κ1) is 32.5. The van der Waals surface area contributed by atoms with Crippen LogP contribution >= 0.6 is 0 Å². The van der Waals surface area contributed by atoms with Crippen LogP contribution in [0.4, 0.5) is 0 Å². The molecule has 13 nitrogen and oxygen atoms in total. The molecule has 6 atom stereocenters. The Hall–Kier alpha value is -3.43. The van der Waals surface area contributed by atoms with Crippen molar-refractivity contribution >= 4 is 17.3 Å². The fraction of sp³-hybridized carbons (Fsp3) is 0.500. The molecule has 1 heterocycles. The predicted molar refractivity (Wildman–Crippen MR) is 149 cm³/mol. The molecule has 2 aromatic carbocycles. The smallest absolute Gasteiger partial charge is 0.197 e. The molecule has 1 aliphatic carbocycles. The molecule has 1 aliphatic heterocycles. The first-order chi connectivity index (χ1) is 20.2. The molecule has 0 saturated carbocycles. The van der Waals surface area contributed by atoms with E-state index in [4.69, 9.17) is 19.2 Å². The summed E-state index contributed by atoms with van der Waals surface area (Å²) in [5.41, 5.74) is -3.86. The van der Waals surface area contributed by atoms with Gasteiger partial charge in [0.2, 0.25) is 0 Å². The molecular formula is C30H37NO12. The number of carbonyl (C=O) groups is 3. The Morgan fingerprint density at radius 3 is 2.44 bits per heavy atom. The summed E-state index contributed by atoms with van der Waals surface area (Å²) in [6.07, 6.45) is -4.82. The number of likely N-dealkylation sites (N-methyl/N-ethyl adjacent to an activating group) is 1. The number of benzene rings is 2. The summed E-state index contributed by atoms with van der Waals surface area (Å²) in [5, 5.41) is 56.9. The Labute approximate surface area is 247 Å². The zero-order valence-corrected chi connectivity index (χ0v) is 24.5. The summed E-state index contributed by atoms with van der Waals surface area (Å²) >= 11 is 0. The van der Waals surface area contributed by atoms with E-state index < -0.39 is 89.6 Å². The fourth-order valence-corrected chi connectivity index (χ4v) is 5.84. The molecule has 4 rings (SSSR count). The number of nitrogens with one attached hydrogen (secondary N) is 1. The van der Waals surface area contributed by atoms with Crippen LogP contribution in [0.25, 0.3) is 0 Å². The number of phenols is 2. The van der Waals surface area contributed by atoms with Gasteiger partial charge < -0.3 is 40.3 Å². The molecule has 0 bridgehead atoms. The number of ketones is 3. The minimum Gasteiger partial charge on any atom is -0.508 e. The highest BCUT2D eigenvalue weighted by molar-refractivity contribution is 6.17. The van der Waals surface area contributed by atoms with Gasteiger partial charge in [0.25, 0.3) is 0 Å². The molecule has 1 fully saturated rings. The van der Waals surface area contributed by atoms with E-state index in [1.165, 1.54) is 32.2 Å². The Kier molecular flexibility index (Phi) is 9.28. The zero-order chi connectivity index (χ0) is 31.9. The van der Waals surface area contributed by atoms with Crippen LogP contribution in [0.3, 0.4) is 0 Å². The van der Waals surface area contributed by atoms with Crippen LogP contribution in [-0.2, 0) is 25.7 Å². The third kappa shape index (κ3) is 5.89. The number of methoxy groups -OCH3 is 1. The van der Waals surface area contributed by atoms with Crippen LogP contribution in [0.5, 0.6) is 17.2 Å². The van der Waals surface area contributed by atoms with Crippen LogP contribution in [0.15, 0.2) is 24.3 Å². The predicted octanol–water partition coefficient (Wildman–Crippen LogP) is 1.24. The quantitative estimate of drug-likeness (QED) is 0.0981. The number of aliphatic hydroxyl groups excluding tert-OH is 2. The van der Waals surface area contributed by atoms with Crippen molar-refractivity contribution in [3.8, 4) is 17.2 Å². The molecule has 1 saturated heterocycles.